The van der Waals surface area contributed by atoms with Crippen molar-refractivity contribution in [1.29, 1.82) is 0 Å². The molecule has 0 saturated heterocycles. The van der Waals surface area contributed by atoms with Crippen molar-refractivity contribution in [3.05, 3.63) is 87.9 Å². The second-order valence-electron chi connectivity index (χ2n) is 6.46. The molecule has 3 aromatic rings. The molecule has 0 fully saturated rings. The van der Waals surface area contributed by atoms with Crippen LogP contribution in [-0.2, 0) is 0 Å². The van der Waals surface area contributed by atoms with Gasteiger partial charge in [-0.2, -0.15) is 5.10 Å². The van der Waals surface area contributed by atoms with Gasteiger partial charge >= 0.3 is 5.97 Å². The van der Waals surface area contributed by atoms with Crippen LogP contribution in [-0.4, -0.2) is 31.8 Å². The molecule has 8 heteroatoms. The highest BCUT2D eigenvalue weighted by Crippen LogP contribution is 2.23. The van der Waals surface area contributed by atoms with Gasteiger partial charge in [0.2, 0.25) is 0 Å². The van der Waals surface area contributed by atoms with Crippen molar-refractivity contribution < 1.29 is 23.8 Å². The van der Waals surface area contributed by atoms with Crippen molar-refractivity contribution in [2.75, 3.05) is 13.7 Å². The van der Waals surface area contributed by atoms with E-state index < -0.39 is 11.9 Å². The van der Waals surface area contributed by atoms with E-state index in [4.69, 9.17) is 14.2 Å². The number of hydrazone groups is 1. The van der Waals surface area contributed by atoms with Crippen LogP contribution in [0.4, 0.5) is 0 Å². The SMILES string of the molecule is CCOc1ccc(C(=O)Oc2ccc(Br)cc2C=NNC(=O)c2cccc(OC)c2)cc1. The quantitative estimate of drug-likeness (QED) is 0.208. The summed E-state index contributed by atoms with van der Waals surface area (Å²) in [6.07, 6.45) is 1.41. The lowest BCUT2D eigenvalue weighted by Gasteiger charge is -2.09. The number of rotatable bonds is 8. The molecule has 0 spiro atoms. The van der Waals surface area contributed by atoms with Gasteiger partial charge in [-0.15, -0.1) is 0 Å². The Labute approximate surface area is 194 Å². The molecule has 0 heterocycles. The van der Waals surface area contributed by atoms with Gasteiger partial charge in [0, 0.05) is 15.6 Å². The number of esters is 1. The first kappa shape index (κ1) is 23.0. The lowest BCUT2D eigenvalue weighted by Crippen LogP contribution is -2.17. The highest BCUT2D eigenvalue weighted by molar-refractivity contribution is 9.10. The van der Waals surface area contributed by atoms with Crippen LogP contribution >= 0.6 is 15.9 Å². The molecule has 32 heavy (non-hydrogen) atoms. The molecule has 3 rings (SSSR count). The fraction of sp³-hybridized carbons (Fsp3) is 0.125. The number of hydrogen-bond donors (Lipinski definition) is 1. The normalized spacial score (nSPS) is 10.6. The molecule has 1 amide bonds. The number of amides is 1. The Balaban J connectivity index is 1.71. The number of nitrogens with one attached hydrogen (secondary N) is 1. The Hall–Kier alpha value is -3.65. The molecule has 0 atom stereocenters. The summed E-state index contributed by atoms with van der Waals surface area (Å²) in [7, 11) is 1.53. The maximum absolute atomic E-state index is 12.5. The number of carbonyl (C=O) groups is 2. The molecule has 0 bridgehead atoms. The van der Waals surface area contributed by atoms with Crippen LogP contribution in [0.25, 0.3) is 0 Å². The van der Waals surface area contributed by atoms with E-state index in [1.54, 1.807) is 66.7 Å². The van der Waals surface area contributed by atoms with Gasteiger partial charge in [0.25, 0.3) is 5.91 Å². The van der Waals surface area contributed by atoms with Crippen molar-refractivity contribution in [2.45, 2.75) is 6.92 Å². The molecule has 164 valence electrons. The summed E-state index contributed by atoms with van der Waals surface area (Å²) in [6, 6.07) is 18.5. The zero-order valence-corrected chi connectivity index (χ0v) is 19.1. The van der Waals surface area contributed by atoms with Crippen molar-refractivity contribution in [3.63, 3.8) is 0 Å². The number of benzene rings is 3. The molecule has 3 aromatic carbocycles. The van der Waals surface area contributed by atoms with E-state index in [-0.39, 0.29) is 0 Å². The number of ether oxygens (including phenoxy) is 3. The van der Waals surface area contributed by atoms with Crippen molar-refractivity contribution >= 4 is 34.0 Å². The summed E-state index contributed by atoms with van der Waals surface area (Å²) >= 11 is 3.39. The second-order valence-corrected chi connectivity index (χ2v) is 7.38. The van der Waals surface area contributed by atoms with Crippen LogP contribution in [0.1, 0.15) is 33.2 Å². The van der Waals surface area contributed by atoms with Crippen molar-refractivity contribution in [3.8, 4) is 17.2 Å². The minimum atomic E-state index is -0.523. The Morgan fingerprint density at radius 2 is 1.78 bits per heavy atom. The second kappa shape index (κ2) is 11.1. The first-order valence-corrected chi connectivity index (χ1v) is 10.5. The molecule has 0 unspecified atom stereocenters. The topological polar surface area (TPSA) is 86.2 Å². The van der Waals surface area contributed by atoms with E-state index in [1.165, 1.54) is 13.3 Å². The van der Waals surface area contributed by atoms with Gasteiger partial charge in [0.1, 0.15) is 17.2 Å². The predicted octanol–water partition coefficient (Wildman–Crippen LogP) is 4.84. The van der Waals surface area contributed by atoms with Gasteiger partial charge in [0.05, 0.1) is 25.5 Å². The third kappa shape index (κ3) is 6.18. The Morgan fingerprint density at radius 3 is 2.50 bits per heavy atom. The zero-order chi connectivity index (χ0) is 22.9. The summed E-state index contributed by atoms with van der Waals surface area (Å²) in [4.78, 5) is 24.9. The molecular formula is C24H21BrN2O5. The van der Waals surface area contributed by atoms with E-state index in [2.05, 4.69) is 26.5 Å². The third-order valence-electron chi connectivity index (χ3n) is 4.28. The molecule has 0 aliphatic carbocycles. The molecule has 0 aliphatic rings. The average Bonchev–Trinajstić information content (AvgIpc) is 2.81. The van der Waals surface area contributed by atoms with Gasteiger partial charge in [-0.3, -0.25) is 4.79 Å². The van der Waals surface area contributed by atoms with Crippen LogP contribution < -0.4 is 19.6 Å². The first-order chi connectivity index (χ1) is 15.5. The molecular weight excluding hydrogens is 476 g/mol. The Morgan fingerprint density at radius 1 is 1.00 bits per heavy atom. The highest BCUT2D eigenvalue weighted by atomic mass is 79.9. The summed E-state index contributed by atoms with van der Waals surface area (Å²) in [5.74, 6) is 0.615. The molecule has 0 radical (unpaired) electrons. The minimum Gasteiger partial charge on any atom is -0.497 e. The van der Waals surface area contributed by atoms with Crippen LogP contribution in [0.15, 0.2) is 76.3 Å². The van der Waals surface area contributed by atoms with Crippen LogP contribution in [0.3, 0.4) is 0 Å². The summed E-state index contributed by atoms with van der Waals surface area (Å²) < 4.78 is 16.8. The molecule has 0 aromatic heterocycles. The van der Waals surface area contributed by atoms with Crippen molar-refractivity contribution in [1.82, 2.24) is 5.43 Å². The zero-order valence-electron chi connectivity index (χ0n) is 17.5. The number of halogens is 1. The minimum absolute atomic E-state index is 0.298. The maximum Gasteiger partial charge on any atom is 0.343 e. The van der Waals surface area contributed by atoms with E-state index >= 15 is 0 Å². The Kier molecular flexibility index (Phi) is 7.99. The number of methoxy groups -OCH3 is 1. The lowest BCUT2D eigenvalue weighted by atomic mass is 10.2. The third-order valence-corrected chi connectivity index (χ3v) is 4.77. The average molecular weight is 497 g/mol. The lowest BCUT2D eigenvalue weighted by molar-refractivity contribution is 0.0734. The van der Waals surface area contributed by atoms with Gasteiger partial charge in [0.15, 0.2) is 0 Å². The van der Waals surface area contributed by atoms with E-state index in [0.717, 1.165) is 4.47 Å². The van der Waals surface area contributed by atoms with E-state index in [0.29, 0.717) is 40.5 Å². The fourth-order valence-corrected chi connectivity index (χ4v) is 3.09. The van der Waals surface area contributed by atoms with E-state index in [1.807, 2.05) is 6.92 Å². The molecule has 7 nitrogen and oxygen atoms in total. The summed E-state index contributed by atoms with van der Waals surface area (Å²) in [5, 5.41) is 3.99. The number of nitrogens with zero attached hydrogens (tertiary/aromatic N) is 1. The van der Waals surface area contributed by atoms with Gasteiger partial charge in [-0.05, 0) is 67.6 Å². The summed E-state index contributed by atoms with van der Waals surface area (Å²) in [5.41, 5.74) is 3.74. The monoisotopic (exact) mass is 496 g/mol. The number of carbonyl (C=O) groups excluding carboxylic acids is 2. The molecule has 0 saturated carbocycles. The highest BCUT2D eigenvalue weighted by Gasteiger charge is 2.12. The first-order valence-electron chi connectivity index (χ1n) is 9.72. The van der Waals surface area contributed by atoms with Crippen molar-refractivity contribution in [2.24, 2.45) is 5.10 Å². The Bertz CT molecular complexity index is 1130. The standard InChI is InChI=1S/C24H21BrN2O5/c1-3-31-20-10-7-16(8-11-20)24(29)32-22-12-9-19(25)13-18(22)15-26-27-23(28)17-5-4-6-21(14-17)30-2/h4-15H,3H2,1-2H3,(H,27,28). The predicted molar refractivity (Wildman–Crippen MR) is 125 cm³/mol. The molecule has 0 aliphatic heterocycles. The summed E-state index contributed by atoms with van der Waals surface area (Å²) in [6.45, 7) is 2.43. The number of hydrogen-bond acceptors (Lipinski definition) is 6. The van der Waals surface area contributed by atoms with Gasteiger partial charge in [-0.25, -0.2) is 10.2 Å². The van der Waals surface area contributed by atoms with Gasteiger partial charge < -0.3 is 14.2 Å². The smallest absolute Gasteiger partial charge is 0.343 e. The van der Waals surface area contributed by atoms with E-state index in [9.17, 15) is 9.59 Å². The fourth-order valence-electron chi connectivity index (χ4n) is 2.72. The van der Waals surface area contributed by atoms with Crippen LogP contribution in [0.5, 0.6) is 17.2 Å². The maximum atomic E-state index is 12.5. The van der Waals surface area contributed by atoms with Gasteiger partial charge in [-0.1, -0.05) is 22.0 Å². The molecule has 1 N–H and O–H groups in total. The van der Waals surface area contributed by atoms with Crippen LogP contribution in [0, 0.1) is 0 Å². The largest absolute Gasteiger partial charge is 0.497 e. The van der Waals surface area contributed by atoms with Crippen LogP contribution in [0.2, 0.25) is 0 Å².